The second kappa shape index (κ2) is 10.0. The van der Waals surface area contributed by atoms with E-state index >= 15 is 0 Å². The molecule has 0 bridgehead atoms. The molecule has 0 radical (unpaired) electrons. The van der Waals surface area contributed by atoms with E-state index in [1.807, 2.05) is 0 Å². The quantitative estimate of drug-likeness (QED) is 0.156. The highest BCUT2D eigenvalue weighted by Crippen LogP contribution is 2.45. The first kappa shape index (κ1) is 23.6. The Bertz CT molecular complexity index is 1150. The number of carbonyl (C=O) groups is 2. The molecule has 0 aromatic heterocycles. The number of carbonyl (C=O) groups excluding carboxylic acids is 2. The van der Waals surface area contributed by atoms with Crippen LogP contribution in [0.25, 0.3) is 10.8 Å². The van der Waals surface area contributed by atoms with Crippen molar-refractivity contribution in [3.63, 3.8) is 0 Å². The number of rotatable bonds is 6. The molecule has 168 valence electrons. The van der Waals surface area contributed by atoms with Crippen LogP contribution < -0.4 is 9.47 Å². The largest absolute Gasteiger partial charge is 0.513 e. The molecule has 5 nitrogen and oxygen atoms in total. The molecule has 1 aliphatic rings. The van der Waals surface area contributed by atoms with Gasteiger partial charge in [0.15, 0.2) is 0 Å². The second-order valence-corrected chi connectivity index (χ2v) is 8.53. The summed E-state index contributed by atoms with van der Waals surface area (Å²) in [5.74, 6) is 0.314. The molecule has 0 spiro atoms. The molecule has 0 fully saturated rings. The van der Waals surface area contributed by atoms with Crippen molar-refractivity contribution in [2.75, 3.05) is 7.11 Å². The predicted octanol–water partition coefficient (Wildman–Crippen LogP) is 6.89. The molecule has 0 saturated heterocycles. The van der Waals surface area contributed by atoms with Crippen LogP contribution in [0.1, 0.15) is 44.7 Å². The number of halogens is 1. The van der Waals surface area contributed by atoms with Gasteiger partial charge in [-0.2, -0.15) is 0 Å². The SMILES string of the molecule is C=C(C)C(=O)Oc1c2c(c(OC(=O)OC)c3cc(Cl)ccc13)CC=C(CCC=C(C)C)C2. The standard InChI is InChI=1S/C26H27ClO5/c1-15(2)7-6-8-17-9-11-19-21(13-17)23(31-25(28)16(3)4)20-12-10-18(27)14-22(20)24(19)32-26(29)30-5/h7,9-10,12,14H,3,6,8,11,13H2,1-2,4-5H3. The van der Waals surface area contributed by atoms with Crippen LogP contribution in [0.5, 0.6) is 11.5 Å². The van der Waals surface area contributed by atoms with E-state index in [4.69, 9.17) is 25.8 Å². The Morgan fingerprint density at radius 3 is 2.47 bits per heavy atom. The molecule has 3 rings (SSSR count). The minimum Gasteiger partial charge on any atom is -0.437 e. The van der Waals surface area contributed by atoms with E-state index in [1.165, 1.54) is 18.3 Å². The van der Waals surface area contributed by atoms with Crippen LogP contribution in [0, 0.1) is 0 Å². The van der Waals surface area contributed by atoms with Crippen molar-refractivity contribution < 1.29 is 23.8 Å². The van der Waals surface area contributed by atoms with Gasteiger partial charge in [-0.1, -0.05) is 41.5 Å². The van der Waals surface area contributed by atoms with Gasteiger partial charge in [0.1, 0.15) is 11.5 Å². The van der Waals surface area contributed by atoms with Crippen molar-refractivity contribution in [1.29, 1.82) is 0 Å². The molecule has 0 N–H and O–H groups in total. The summed E-state index contributed by atoms with van der Waals surface area (Å²) in [7, 11) is 1.26. The zero-order valence-corrected chi connectivity index (χ0v) is 19.6. The van der Waals surface area contributed by atoms with Crippen molar-refractivity contribution in [1.82, 2.24) is 0 Å². The summed E-state index contributed by atoms with van der Waals surface area (Å²) in [5, 5.41) is 1.68. The Hall–Kier alpha value is -3.05. The first-order valence-corrected chi connectivity index (χ1v) is 10.8. The van der Waals surface area contributed by atoms with Crippen molar-refractivity contribution in [2.45, 2.75) is 46.5 Å². The lowest BCUT2D eigenvalue weighted by molar-refractivity contribution is -0.130. The highest BCUT2D eigenvalue weighted by Gasteiger charge is 2.27. The fraction of sp³-hybridized carbons (Fsp3) is 0.308. The van der Waals surface area contributed by atoms with Gasteiger partial charge in [0.05, 0.1) is 7.11 Å². The van der Waals surface area contributed by atoms with Crippen LogP contribution in [0.4, 0.5) is 4.79 Å². The van der Waals surface area contributed by atoms with Crippen molar-refractivity contribution >= 4 is 34.5 Å². The molecule has 1 aliphatic carbocycles. The van der Waals surface area contributed by atoms with Gasteiger partial charge in [0, 0.05) is 32.5 Å². The minimum atomic E-state index is -0.821. The number of methoxy groups -OCH3 is 1. The average Bonchev–Trinajstić information content (AvgIpc) is 2.75. The van der Waals surface area contributed by atoms with Crippen LogP contribution in [-0.2, 0) is 22.4 Å². The van der Waals surface area contributed by atoms with Crippen LogP contribution in [-0.4, -0.2) is 19.2 Å². The third-order valence-corrected chi connectivity index (χ3v) is 5.53. The maximum atomic E-state index is 12.5. The summed E-state index contributed by atoms with van der Waals surface area (Å²) in [5.41, 5.74) is 4.41. The number of allylic oxidation sites excluding steroid dienone is 4. The first-order chi connectivity index (χ1) is 15.2. The van der Waals surface area contributed by atoms with E-state index in [9.17, 15) is 9.59 Å². The van der Waals surface area contributed by atoms with E-state index in [1.54, 1.807) is 25.1 Å². The van der Waals surface area contributed by atoms with Crippen LogP contribution in [0.3, 0.4) is 0 Å². The molecule has 0 atom stereocenters. The fourth-order valence-corrected chi connectivity index (χ4v) is 3.90. The molecule has 0 unspecified atom stereocenters. The van der Waals surface area contributed by atoms with Gasteiger partial charge >= 0.3 is 12.1 Å². The molecular formula is C26H27ClO5. The summed E-state index contributed by atoms with van der Waals surface area (Å²) in [6.07, 6.45) is 6.47. The maximum Gasteiger partial charge on any atom is 0.513 e. The Morgan fingerprint density at radius 1 is 1.09 bits per heavy atom. The normalized spacial score (nSPS) is 12.5. The summed E-state index contributed by atoms with van der Waals surface area (Å²) < 4.78 is 16.1. The Labute approximate surface area is 193 Å². The molecule has 0 saturated carbocycles. The van der Waals surface area contributed by atoms with Gasteiger partial charge in [-0.05, 0) is 64.7 Å². The van der Waals surface area contributed by atoms with Gasteiger partial charge in [0.25, 0.3) is 0 Å². The molecule has 6 heteroatoms. The third-order valence-electron chi connectivity index (χ3n) is 5.30. The molecule has 0 aliphatic heterocycles. The minimum absolute atomic E-state index is 0.297. The monoisotopic (exact) mass is 454 g/mol. The predicted molar refractivity (Wildman–Crippen MR) is 127 cm³/mol. The van der Waals surface area contributed by atoms with E-state index in [0.29, 0.717) is 45.7 Å². The lowest BCUT2D eigenvalue weighted by Crippen LogP contribution is -2.16. The van der Waals surface area contributed by atoms with Crippen LogP contribution >= 0.6 is 11.6 Å². The summed E-state index contributed by atoms with van der Waals surface area (Å²) in [6, 6.07) is 5.18. The number of hydrogen-bond acceptors (Lipinski definition) is 5. The van der Waals surface area contributed by atoms with Crippen LogP contribution in [0.2, 0.25) is 5.02 Å². The number of ether oxygens (including phenoxy) is 3. The highest BCUT2D eigenvalue weighted by molar-refractivity contribution is 6.31. The number of fused-ring (bicyclic) bond motifs is 2. The van der Waals surface area contributed by atoms with Gasteiger partial charge in [-0.15, -0.1) is 0 Å². The number of benzene rings is 2. The van der Waals surface area contributed by atoms with Crippen molar-refractivity contribution in [3.05, 3.63) is 69.8 Å². The van der Waals surface area contributed by atoms with Gasteiger partial charge in [0.2, 0.25) is 0 Å². The maximum absolute atomic E-state index is 12.5. The topological polar surface area (TPSA) is 61.8 Å². The summed E-state index contributed by atoms with van der Waals surface area (Å²) in [4.78, 5) is 24.5. The molecular weight excluding hydrogens is 428 g/mol. The van der Waals surface area contributed by atoms with Crippen LogP contribution in [0.15, 0.2) is 53.6 Å². The lowest BCUT2D eigenvalue weighted by Gasteiger charge is -2.24. The van der Waals surface area contributed by atoms with Gasteiger partial charge in [-0.3, -0.25) is 0 Å². The molecule has 32 heavy (non-hydrogen) atoms. The Kier molecular flexibility index (Phi) is 7.41. The molecule has 2 aromatic rings. The Morgan fingerprint density at radius 2 is 1.81 bits per heavy atom. The molecule has 2 aromatic carbocycles. The van der Waals surface area contributed by atoms with Crippen molar-refractivity contribution in [2.24, 2.45) is 0 Å². The summed E-state index contributed by atoms with van der Waals surface area (Å²) in [6.45, 7) is 9.46. The number of hydrogen-bond donors (Lipinski definition) is 0. The van der Waals surface area contributed by atoms with E-state index in [2.05, 4.69) is 32.6 Å². The fourth-order valence-electron chi connectivity index (χ4n) is 3.72. The van der Waals surface area contributed by atoms with E-state index < -0.39 is 12.1 Å². The smallest absolute Gasteiger partial charge is 0.437 e. The highest BCUT2D eigenvalue weighted by atomic mass is 35.5. The van der Waals surface area contributed by atoms with Crippen molar-refractivity contribution in [3.8, 4) is 11.5 Å². The van der Waals surface area contributed by atoms with E-state index in [0.717, 1.165) is 24.0 Å². The van der Waals surface area contributed by atoms with Gasteiger partial charge in [-0.25, -0.2) is 9.59 Å². The molecule has 0 heterocycles. The average molecular weight is 455 g/mol. The second-order valence-electron chi connectivity index (χ2n) is 8.09. The Balaban J connectivity index is 2.19. The number of esters is 1. The third kappa shape index (κ3) is 5.22. The van der Waals surface area contributed by atoms with Gasteiger partial charge < -0.3 is 14.2 Å². The van der Waals surface area contributed by atoms with E-state index in [-0.39, 0.29) is 0 Å². The zero-order valence-electron chi connectivity index (χ0n) is 18.8. The molecule has 0 amide bonds. The summed E-state index contributed by atoms with van der Waals surface area (Å²) >= 11 is 6.25. The lowest BCUT2D eigenvalue weighted by atomic mass is 9.85. The first-order valence-electron chi connectivity index (χ1n) is 10.4. The zero-order chi connectivity index (χ0) is 23.4.